The number of rotatable bonds is 10. The summed E-state index contributed by atoms with van der Waals surface area (Å²) in [4.78, 5) is 50.1. The summed E-state index contributed by atoms with van der Waals surface area (Å²) in [6.07, 6.45) is 3.37. The van der Waals surface area contributed by atoms with Crippen LogP contribution < -0.4 is 10.6 Å². The molecule has 2 aromatic rings. The van der Waals surface area contributed by atoms with Gasteiger partial charge in [0.15, 0.2) is 5.78 Å². The van der Waals surface area contributed by atoms with E-state index in [9.17, 15) is 19.2 Å². The maximum Gasteiger partial charge on any atom is 0.312 e. The number of nitrogens with one attached hydrogen (secondary N) is 2. The van der Waals surface area contributed by atoms with E-state index < -0.39 is 11.0 Å². The molecule has 5 rings (SSSR count). The molecule has 2 amide bonds. The van der Waals surface area contributed by atoms with E-state index in [4.69, 9.17) is 4.74 Å². The highest BCUT2D eigenvalue weighted by molar-refractivity contribution is 6.01. The van der Waals surface area contributed by atoms with Crippen LogP contribution in [0.5, 0.6) is 0 Å². The average molecular weight is 550 g/mol. The lowest BCUT2D eigenvalue weighted by Crippen LogP contribution is -2.63. The smallest absolute Gasteiger partial charge is 0.312 e. The first kappa shape index (κ1) is 31.0. The minimum atomic E-state index is -0.571. The number of ketones is 1. The summed E-state index contributed by atoms with van der Waals surface area (Å²) in [7, 11) is 0. The zero-order valence-electron chi connectivity index (χ0n) is 23.1. The van der Waals surface area contributed by atoms with Gasteiger partial charge < -0.3 is 20.3 Å². The molecule has 216 valence electrons. The van der Waals surface area contributed by atoms with Crippen LogP contribution in [0.25, 0.3) is 0 Å². The van der Waals surface area contributed by atoms with Crippen molar-refractivity contribution < 1.29 is 23.9 Å². The van der Waals surface area contributed by atoms with Gasteiger partial charge in [-0.15, -0.1) is 0 Å². The molecule has 40 heavy (non-hydrogen) atoms. The molecule has 0 radical (unpaired) electrons. The molecule has 2 aliphatic carbocycles. The quantitative estimate of drug-likeness (QED) is 0.431. The van der Waals surface area contributed by atoms with Crippen LogP contribution in [0.4, 0.5) is 0 Å². The summed E-state index contributed by atoms with van der Waals surface area (Å²) in [6.45, 7) is 6.96. The Morgan fingerprint density at radius 2 is 1.57 bits per heavy atom. The Kier molecular flexibility index (Phi) is 10.3. The molecule has 1 aliphatic heterocycles. The minimum absolute atomic E-state index is 0. The van der Waals surface area contributed by atoms with Gasteiger partial charge >= 0.3 is 5.97 Å². The molecule has 8 heteroatoms. The first-order chi connectivity index (χ1) is 18.7. The predicted molar refractivity (Wildman–Crippen MR) is 154 cm³/mol. The Bertz CT molecular complexity index is 1180. The fraction of sp³-hybridized carbons (Fsp3) is 0.500. The number of amides is 2. The monoisotopic (exact) mass is 549 g/mol. The number of esters is 1. The second kappa shape index (κ2) is 13.2. The van der Waals surface area contributed by atoms with Gasteiger partial charge in [-0.05, 0) is 57.6 Å². The van der Waals surface area contributed by atoms with Crippen molar-refractivity contribution >= 4 is 23.6 Å². The number of hydrogen-bond acceptors (Lipinski definition) is 6. The van der Waals surface area contributed by atoms with Crippen molar-refractivity contribution in [3.8, 4) is 0 Å². The SMILES string of the molecule is C.CCOC(=O)C1(CC(=O)[C@H](C)NCc2ccccc2)CC1.C[C@@H]1C(=O)NC2(CC2)C(=O)N1Cc1ccccc1. The number of carbonyl (C=O) groups is 4. The molecule has 2 atom stereocenters. The largest absolute Gasteiger partial charge is 0.466 e. The van der Waals surface area contributed by atoms with Crippen LogP contribution in [0.3, 0.4) is 0 Å². The molecular formula is C32H43N3O5. The summed E-state index contributed by atoms with van der Waals surface area (Å²) < 4.78 is 5.07. The zero-order chi connectivity index (χ0) is 28.0. The molecule has 0 aromatic heterocycles. The van der Waals surface area contributed by atoms with Gasteiger partial charge in [0.25, 0.3) is 0 Å². The molecule has 8 nitrogen and oxygen atoms in total. The van der Waals surface area contributed by atoms with Crippen LogP contribution in [0, 0.1) is 5.41 Å². The highest BCUT2D eigenvalue weighted by Crippen LogP contribution is 2.50. The fourth-order valence-corrected chi connectivity index (χ4v) is 4.79. The van der Waals surface area contributed by atoms with Crippen LogP contribution >= 0.6 is 0 Å². The zero-order valence-corrected chi connectivity index (χ0v) is 23.1. The fourth-order valence-electron chi connectivity index (χ4n) is 4.79. The molecule has 2 aromatic carbocycles. The van der Waals surface area contributed by atoms with E-state index in [1.54, 1.807) is 18.7 Å². The summed E-state index contributed by atoms with van der Waals surface area (Å²) in [5.41, 5.74) is 1.10. The number of Topliss-reactive ketones (excluding diaryl/α,β-unsaturated/α-hetero) is 1. The summed E-state index contributed by atoms with van der Waals surface area (Å²) >= 11 is 0. The molecule has 3 aliphatic rings. The van der Waals surface area contributed by atoms with E-state index in [0.717, 1.165) is 36.8 Å². The van der Waals surface area contributed by atoms with Gasteiger partial charge in [-0.1, -0.05) is 68.1 Å². The van der Waals surface area contributed by atoms with Crippen molar-refractivity contribution in [2.24, 2.45) is 5.41 Å². The third kappa shape index (κ3) is 7.36. The molecule has 3 fully saturated rings. The number of hydrogen-bond donors (Lipinski definition) is 2. The van der Waals surface area contributed by atoms with Crippen LogP contribution in [-0.4, -0.2) is 52.7 Å². The second-order valence-corrected chi connectivity index (χ2v) is 10.9. The summed E-state index contributed by atoms with van der Waals surface area (Å²) in [5, 5.41) is 6.07. The molecule has 1 spiro atoms. The average Bonchev–Trinajstić information content (AvgIpc) is 3.88. The Labute approximate surface area is 237 Å². The molecule has 1 heterocycles. The normalized spacial score (nSPS) is 20.3. The third-order valence-corrected chi connectivity index (χ3v) is 7.84. The van der Waals surface area contributed by atoms with Gasteiger partial charge in [0.2, 0.25) is 11.8 Å². The van der Waals surface area contributed by atoms with Crippen LogP contribution in [0.2, 0.25) is 0 Å². The number of nitrogens with zero attached hydrogens (tertiary/aromatic N) is 1. The Morgan fingerprint density at radius 1 is 1.00 bits per heavy atom. The summed E-state index contributed by atoms with van der Waals surface area (Å²) in [5.74, 6) is -0.105. The Morgan fingerprint density at radius 3 is 2.10 bits per heavy atom. The maximum atomic E-state index is 12.4. The van der Waals surface area contributed by atoms with Gasteiger partial charge in [0, 0.05) is 19.5 Å². The van der Waals surface area contributed by atoms with Crippen molar-refractivity contribution in [3.63, 3.8) is 0 Å². The molecule has 2 saturated carbocycles. The van der Waals surface area contributed by atoms with Crippen molar-refractivity contribution in [2.75, 3.05) is 6.61 Å². The molecular weight excluding hydrogens is 506 g/mol. The number of benzene rings is 2. The lowest BCUT2D eigenvalue weighted by Gasteiger charge is -2.37. The first-order valence-corrected chi connectivity index (χ1v) is 13.8. The van der Waals surface area contributed by atoms with Gasteiger partial charge in [-0.25, -0.2) is 0 Å². The van der Waals surface area contributed by atoms with E-state index in [-0.39, 0.29) is 49.5 Å². The third-order valence-electron chi connectivity index (χ3n) is 7.84. The Hall–Kier alpha value is -3.52. The van der Waals surface area contributed by atoms with E-state index in [1.807, 2.05) is 67.6 Å². The molecule has 0 unspecified atom stereocenters. The standard InChI is InChI=1S/C17H23NO3.C14H16N2O2.CH4/c1-3-21-16(20)17(9-10-17)11-15(19)13(2)18-12-14-7-5-4-6-8-14;1-10-12(17)15-14(7-8-14)13(18)16(10)9-11-5-3-2-4-6-11;/h4-8,13,18H,3,9-12H2,1-2H3;2-6,10H,7-9H2,1H3,(H,15,17);1H4/t13-;10-;/m01./s1. The topological polar surface area (TPSA) is 105 Å². The summed E-state index contributed by atoms with van der Waals surface area (Å²) in [6, 6.07) is 19.1. The van der Waals surface area contributed by atoms with Crippen molar-refractivity contribution in [1.82, 2.24) is 15.5 Å². The van der Waals surface area contributed by atoms with Crippen molar-refractivity contribution in [1.29, 1.82) is 0 Å². The van der Waals surface area contributed by atoms with Crippen LogP contribution in [0.1, 0.15) is 71.4 Å². The number of carbonyl (C=O) groups excluding carboxylic acids is 4. The Balaban J connectivity index is 0.000000217. The predicted octanol–water partition coefficient (Wildman–Crippen LogP) is 4.17. The van der Waals surface area contributed by atoms with Crippen molar-refractivity contribution in [2.45, 2.75) is 91.0 Å². The first-order valence-electron chi connectivity index (χ1n) is 13.8. The van der Waals surface area contributed by atoms with E-state index in [2.05, 4.69) is 10.6 Å². The second-order valence-electron chi connectivity index (χ2n) is 10.9. The minimum Gasteiger partial charge on any atom is -0.466 e. The molecule has 1 saturated heterocycles. The highest BCUT2D eigenvalue weighted by Gasteiger charge is 2.57. The molecule has 2 N–H and O–H groups in total. The number of ether oxygens (including phenoxy) is 1. The van der Waals surface area contributed by atoms with Gasteiger partial charge in [-0.3, -0.25) is 19.2 Å². The van der Waals surface area contributed by atoms with Gasteiger partial charge in [-0.2, -0.15) is 0 Å². The van der Waals surface area contributed by atoms with Crippen molar-refractivity contribution in [3.05, 3.63) is 71.8 Å². The molecule has 0 bridgehead atoms. The van der Waals surface area contributed by atoms with Crippen LogP contribution in [-0.2, 0) is 37.0 Å². The highest BCUT2D eigenvalue weighted by atomic mass is 16.5. The lowest BCUT2D eigenvalue weighted by atomic mass is 9.96. The van der Waals surface area contributed by atoms with E-state index in [0.29, 0.717) is 19.7 Å². The van der Waals surface area contributed by atoms with E-state index >= 15 is 0 Å². The van der Waals surface area contributed by atoms with E-state index in [1.165, 1.54) is 0 Å². The van der Waals surface area contributed by atoms with Crippen LogP contribution in [0.15, 0.2) is 60.7 Å². The van der Waals surface area contributed by atoms with Gasteiger partial charge in [0.05, 0.1) is 18.1 Å². The number of piperazine rings is 1. The maximum absolute atomic E-state index is 12.4. The lowest BCUT2D eigenvalue weighted by molar-refractivity contribution is -0.151. The van der Waals surface area contributed by atoms with Gasteiger partial charge in [0.1, 0.15) is 11.6 Å².